The number of aryl methyl sites for hydroxylation is 3. The van der Waals surface area contributed by atoms with E-state index in [-0.39, 0.29) is 5.91 Å². The zero-order chi connectivity index (χ0) is 21.7. The van der Waals surface area contributed by atoms with Crippen LogP contribution in [0.1, 0.15) is 33.6 Å². The largest absolute Gasteiger partial charge is 0.318 e. The van der Waals surface area contributed by atoms with Gasteiger partial charge < -0.3 is 4.57 Å². The number of hydrogen-bond acceptors (Lipinski definition) is 3. The predicted octanol–water partition coefficient (Wildman–Crippen LogP) is 5.75. The van der Waals surface area contributed by atoms with Gasteiger partial charge in [0.05, 0.1) is 12.0 Å². The highest BCUT2D eigenvalue weighted by molar-refractivity contribution is 7.99. The Bertz CT molecular complexity index is 1070. The van der Waals surface area contributed by atoms with E-state index >= 15 is 0 Å². The topological polar surface area (TPSA) is 46.4 Å². The molecule has 0 aliphatic heterocycles. The van der Waals surface area contributed by atoms with Crippen molar-refractivity contribution in [2.24, 2.45) is 5.10 Å². The SMILES string of the molecule is Cc1ccc(-n2c(C)cc(/C=N\NC(=O)CSCc3ccc(Cl)cc3)c2C)c(C)c1. The van der Waals surface area contributed by atoms with Crippen LogP contribution in [0.4, 0.5) is 0 Å². The van der Waals surface area contributed by atoms with Gasteiger partial charge in [-0.3, -0.25) is 4.79 Å². The van der Waals surface area contributed by atoms with Gasteiger partial charge in [0.25, 0.3) is 0 Å². The first-order valence-corrected chi connectivity index (χ1v) is 11.3. The van der Waals surface area contributed by atoms with Gasteiger partial charge in [0.15, 0.2) is 0 Å². The fourth-order valence-electron chi connectivity index (χ4n) is 3.39. The average Bonchev–Trinajstić information content (AvgIpc) is 2.97. The van der Waals surface area contributed by atoms with Crippen LogP contribution in [0.15, 0.2) is 53.6 Å². The zero-order valence-electron chi connectivity index (χ0n) is 17.7. The standard InChI is InChI=1S/C24H26ClN3OS/c1-16-5-10-23(17(2)11-16)28-18(3)12-21(19(28)4)13-26-27-24(29)15-30-14-20-6-8-22(25)9-7-20/h5-13H,14-15H2,1-4H3,(H,27,29)/b26-13-. The predicted molar refractivity (Wildman–Crippen MR) is 128 cm³/mol. The summed E-state index contributed by atoms with van der Waals surface area (Å²) in [5.74, 6) is 0.987. The highest BCUT2D eigenvalue weighted by atomic mass is 35.5. The fourth-order valence-corrected chi connectivity index (χ4v) is 4.30. The maximum atomic E-state index is 12.1. The number of carbonyl (C=O) groups is 1. The van der Waals surface area contributed by atoms with Crippen LogP contribution in [0.25, 0.3) is 5.69 Å². The second-order valence-electron chi connectivity index (χ2n) is 7.36. The number of hydrazone groups is 1. The van der Waals surface area contributed by atoms with Crippen molar-refractivity contribution >= 4 is 35.5 Å². The third-order valence-electron chi connectivity index (χ3n) is 4.87. The highest BCUT2D eigenvalue weighted by Gasteiger charge is 2.11. The minimum absolute atomic E-state index is 0.117. The van der Waals surface area contributed by atoms with Crippen LogP contribution in [0.5, 0.6) is 0 Å². The number of thioether (sulfide) groups is 1. The Hall–Kier alpha value is -2.50. The van der Waals surface area contributed by atoms with Gasteiger partial charge in [-0.2, -0.15) is 5.10 Å². The van der Waals surface area contributed by atoms with Crippen LogP contribution in [0, 0.1) is 27.7 Å². The molecule has 0 saturated carbocycles. The van der Waals surface area contributed by atoms with Crippen molar-refractivity contribution in [3.05, 3.63) is 87.2 Å². The first kappa shape index (κ1) is 22.2. The average molecular weight is 440 g/mol. The zero-order valence-corrected chi connectivity index (χ0v) is 19.3. The van der Waals surface area contributed by atoms with Crippen molar-refractivity contribution in [2.75, 3.05) is 5.75 Å². The number of halogens is 1. The van der Waals surface area contributed by atoms with E-state index in [1.54, 1.807) is 18.0 Å². The van der Waals surface area contributed by atoms with Gasteiger partial charge in [-0.15, -0.1) is 11.8 Å². The lowest BCUT2D eigenvalue weighted by Crippen LogP contribution is -2.19. The number of benzene rings is 2. The summed E-state index contributed by atoms with van der Waals surface area (Å²) in [5.41, 5.74) is 10.6. The lowest BCUT2D eigenvalue weighted by Gasteiger charge is -2.13. The first-order valence-electron chi connectivity index (χ1n) is 9.76. The molecule has 1 heterocycles. The van der Waals surface area contributed by atoms with Gasteiger partial charge in [-0.05, 0) is 63.1 Å². The molecule has 0 bridgehead atoms. The Morgan fingerprint density at radius 1 is 1.10 bits per heavy atom. The summed E-state index contributed by atoms with van der Waals surface area (Å²) >= 11 is 7.43. The summed E-state index contributed by atoms with van der Waals surface area (Å²) in [6.45, 7) is 8.37. The van der Waals surface area contributed by atoms with E-state index in [1.165, 1.54) is 11.1 Å². The normalized spacial score (nSPS) is 11.2. The van der Waals surface area contributed by atoms with E-state index in [9.17, 15) is 4.79 Å². The molecule has 0 atom stereocenters. The van der Waals surface area contributed by atoms with Crippen molar-refractivity contribution in [3.8, 4) is 5.69 Å². The lowest BCUT2D eigenvalue weighted by atomic mass is 10.1. The Labute approximate surface area is 187 Å². The lowest BCUT2D eigenvalue weighted by molar-refractivity contribution is -0.118. The third-order valence-corrected chi connectivity index (χ3v) is 6.13. The van der Waals surface area contributed by atoms with E-state index in [2.05, 4.69) is 67.1 Å². The molecule has 3 aromatic rings. The minimum Gasteiger partial charge on any atom is -0.318 e. The Morgan fingerprint density at radius 3 is 2.53 bits per heavy atom. The maximum Gasteiger partial charge on any atom is 0.250 e. The second kappa shape index (κ2) is 10.0. The molecule has 0 unspecified atom stereocenters. The molecule has 1 amide bonds. The van der Waals surface area contributed by atoms with E-state index in [1.807, 2.05) is 24.3 Å². The smallest absolute Gasteiger partial charge is 0.250 e. The molecule has 0 fully saturated rings. The van der Waals surface area contributed by atoms with E-state index in [0.717, 1.165) is 34.0 Å². The second-order valence-corrected chi connectivity index (χ2v) is 8.79. The molecular weight excluding hydrogens is 414 g/mol. The molecular formula is C24H26ClN3OS. The molecule has 0 aliphatic carbocycles. The fraction of sp³-hybridized carbons (Fsp3) is 0.250. The Morgan fingerprint density at radius 2 is 1.83 bits per heavy atom. The molecule has 0 aliphatic rings. The van der Waals surface area contributed by atoms with Crippen LogP contribution in [-0.4, -0.2) is 22.4 Å². The molecule has 156 valence electrons. The van der Waals surface area contributed by atoms with Gasteiger partial charge in [0.1, 0.15) is 0 Å². The molecule has 1 aromatic heterocycles. The molecule has 0 spiro atoms. The van der Waals surface area contributed by atoms with E-state index in [0.29, 0.717) is 10.8 Å². The van der Waals surface area contributed by atoms with Gasteiger partial charge in [-0.25, -0.2) is 5.43 Å². The summed E-state index contributed by atoms with van der Waals surface area (Å²) in [6.07, 6.45) is 1.71. The molecule has 2 aromatic carbocycles. The number of hydrogen-bond donors (Lipinski definition) is 1. The van der Waals surface area contributed by atoms with E-state index < -0.39 is 0 Å². The van der Waals surface area contributed by atoms with Crippen molar-refractivity contribution in [1.82, 2.24) is 9.99 Å². The molecule has 3 rings (SSSR count). The third kappa shape index (κ3) is 5.55. The Kier molecular flexibility index (Phi) is 7.40. The van der Waals surface area contributed by atoms with Crippen LogP contribution < -0.4 is 5.43 Å². The van der Waals surface area contributed by atoms with Crippen molar-refractivity contribution in [1.29, 1.82) is 0 Å². The summed E-state index contributed by atoms with van der Waals surface area (Å²) in [4.78, 5) is 12.1. The molecule has 0 radical (unpaired) electrons. The van der Waals surface area contributed by atoms with E-state index in [4.69, 9.17) is 11.6 Å². The van der Waals surface area contributed by atoms with Crippen LogP contribution in [0.2, 0.25) is 5.02 Å². The maximum absolute atomic E-state index is 12.1. The molecule has 6 heteroatoms. The van der Waals surface area contributed by atoms with Gasteiger partial charge in [0.2, 0.25) is 5.91 Å². The summed E-state index contributed by atoms with van der Waals surface area (Å²) in [7, 11) is 0. The van der Waals surface area contributed by atoms with Crippen molar-refractivity contribution in [2.45, 2.75) is 33.4 Å². The Balaban J connectivity index is 1.58. The monoisotopic (exact) mass is 439 g/mol. The van der Waals surface area contributed by atoms with Crippen LogP contribution in [-0.2, 0) is 10.5 Å². The number of rotatable bonds is 7. The number of aromatic nitrogens is 1. The number of nitrogens with one attached hydrogen (secondary N) is 1. The summed E-state index contributed by atoms with van der Waals surface area (Å²) in [6, 6.07) is 16.2. The molecule has 0 saturated heterocycles. The molecule has 1 N–H and O–H groups in total. The van der Waals surface area contributed by atoms with Crippen molar-refractivity contribution < 1.29 is 4.79 Å². The van der Waals surface area contributed by atoms with Crippen LogP contribution >= 0.6 is 23.4 Å². The quantitative estimate of drug-likeness (QED) is 0.376. The molecule has 30 heavy (non-hydrogen) atoms. The number of nitrogens with zero attached hydrogens (tertiary/aromatic N) is 2. The molecule has 4 nitrogen and oxygen atoms in total. The van der Waals surface area contributed by atoms with Gasteiger partial charge >= 0.3 is 0 Å². The van der Waals surface area contributed by atoms with Crippen molar-refractivity contribution in [3.63, 3.8) is 0 Å². The highest BCUT2D eigenvalue weighted by Crippen LogP contribution is 2.23. The number of carbonyl (C=O) groups excluding carboxylic acids is 1. The summed E-state index contributed by atoms with van der Waals surface area (Å²) < 4.78 is 2.22. The van der Waals surface area contributed by atoms with Crippen LogP contribution in [0.3, 0.4) is 0 Å². The van der Waals surface area contributed by atoms with Gasteiger partial charge in [0, 0.05) is 33.4 Å². The number of amides is 1. The first-order chi connectivity index (χ1) is 14.3. The van der Waals surface area contributed by atoms with Gasteiger partial charge in [-0.1, -0.05) is 41.4 Å². The summed E-state index contributed by atoms with van der Waals surface area (Å²) in [5, 5.41) is 4.87. The minimum atomic E-state index is -0.117.